The molecule has 0 N–H and O–H groups in total. The van der Waals surface area contributed by atoms with Gasteiger partial charge in [0.2, 0.25) is 0 Å². The maximum atomic E-state index is 2.50. The first-order chi connectivity index (χ1) is 27.2. The van der Waals surface area contributed by atoms with Crippen LogP contribution in [0.1, 0.15) is 67.2 Å². The molecule has 0 saturated heterocycles. The molecule has 8 aromatic carbocycles. The minimum atomic E-state index is -0.296. The van der Waals surface area contributed by atoms with E-state index < -0.39 is 0 Å². The number of hydrogen-bond acceptors (Lipinski definition) is 1. The Labute approximate surface area is 325 Å². The van der Waals surface area contributed by atoms with E-state index in [1.54, 1.807) is 0 Å². The van der Waals surface area contributed by atoms with Gasteiger partial charge in [-0.2, -0.15) is 0 Å². The zero-order valence-electron chi connectivity index (χ0n) is 31.5. The molecule has 0 spiro atoms. The highest BCUT2D eigenvalue weighted by molar-refractivity contribution is 6.03. The standard InChI is InChI=1S/C54H45N/c1-54(42-23-9-4-10-24-42)50-29-13-11-25-46(50)47-36-35-44(37-51(47)54)55(43-33-31-39(32-34-43)38-17-5-2-6-18-38)52-30-14-12-26-48(52)49-28-16-22-41-21-15-27-45(53(41)49)40-19-7-3-8-20-40/h2,4-6,9-18,21-37,40H,3,7-8,19-20H2,1H3. The Bertz CT molecular complexity index is 2630. The first kappa shape index (κ1) is 33.4. The molecule has 2 aliphatic carbocycles. The van der Waals surface area contributed by atoms with Crippen LogP contribution in [0.4, 0.5) is 17.1 Å². The highest BCUT2D eigenvalue weighted by Gasteiger charge is 2.41. The molecular formula is C54H45N. The number of rotatable bonds is 7. The fraction of sp³-hybridized carbons (Fsp3) is 0.148. The highest BCUT2D eigenvalue weighted by Crippen LogP contribution is 2.54. The summed E-state index contributed by atoms with van der Waals surface area (Å²) in [4.78, 5) is 2.50. The zero-order valence-corrected chi connectivity index (χ0v) is 31.5. The molecular weight excluding hydrogens is 663 g/mol. The van der Waals surface area contributed by atoms with Crippen LogP contribution in [0.5, 0.6) is 0 Å². The van der Waals surface area contributed by atoms with Gasteiger partial charge in [0.05, 0.1) is 5.69 Å². The van der Waals surface area contributed by atoms with Crippen LogP contribution in [-0.2, 0) is 5.41 Å². The lowest BCUT2D eigenvalue weighted by Crippen LogP contribution is -2.22. The van der Waals surface area contributed by atoms with Gasteiger partial charge in [-0.15, -0.1) is 0 Å². The lowest BCUT2D eigenvalue weighted by atomic mass is 9.74. The van der Waals surface area contributed by atoms with E-state index in [9.17, 15) is 0 Å². The van der Waals surface area contributed by atoms with Crippen LogP contribution in [0.2, 0.25) is 0 Å². The maximum Gasteiger partial charge on any atom is 0.0540 e. The topological polar surface area (TPSA) is 3.24 Å². The monoisotopic (exact) mass is 707 g/mol. The molecule has 1 nitrogen and oxygen atoms in total. The molecule has 0 heterocycles. The molecule has 1 saturated carbocycles. The van der Waals surface area contributed by atoms with Crippen molar-refractivity contribution in [1.82, 2.24) is 0 Å². The van der Waals surface area contributed by atoms with Crippen LogP contribution in [-0.4, -0.2) is 0 Å². The summed E-state index contributed by atoms with van der Waals surface area (Å²) in [7, 11) is 0. The molecule has 1 heteroatoms. The zero-order chi connectivity index (χ0) is 36.8. The Kier molecular flexibility index (Phi) is 8.44. The number of benzene rings is 8. The number of para-hydroxylation sites is 1. The van der Waals surface area contributed by atoms with Gasteiger partial charge in [-0.05, 0) is 117 Å². The third-order valence-corrected chi connectivity index (χ3v) is 12.6. The molecule has 1 atom stereocenters. The Morgan fingerprint density at radius 1 is 0.455 bits per heavy atom. The highest BCUT2D eigenvalue weighted by atomic mass is 15.1. The van der Waals surface area contributed by atoms with Gasteiger partial charge in [0.1, 0.15) is 0 Å². The van der Waals surface area contributed by atoms with Crippen LogP contribution >= 0.6 is 0 Å². The van der Waals surface area contributed by atoms with Crippen LogP contribution < -0.4 is 4.90 Å². The lowest BCUT2D eigenvalue weighted by Gasteiger charge is -2.32. The maximum absolute atomic E-state index is 2.50. The normalized spacial score (nSPS) is 16.5. The number of fused-ring (bicyclic) bond motifs is 4. The van der Waals surface area contributed by atoms with Crippen molar-refractivity contribution in [2.24, 2.45) is 0 Å². The lowest BCUT2D eigenvalue weighted by molar-refractivity contribution is 0.445. The van der Waals surface area contributed by atoms with E-state index in [4.69, 9.17) is 0 Å². The predicted molar refractivity (Wildman–Crippen MR) is 233 cm³/mol. The van der Waals surface area contributed by atoms with E-state index in [1.165, 1.54) is 104 Å². The Morgan fingerprint density at radius 2 is 1.05 bits per heavy atom. The van der Waals surface area contributed by atoms with Crippen molar-refractivity contribution in [2.75, 3.05) is 4.90 Å². The molecule has 8 aromatic rings. The second-order valence-corrected chi connectivity index (χ2v) is 15.6. The summed E-state index contributed by atoms with van der Waals surface area (Å²) in [5.41, 5.74) is 16.3. The second kappa shape index (κ2) is 13.9. The Balaban J connectivity index is 1.20. The van der Waals surface area contributed by atoms with Crippen molar-refractivity contribution in [3.63, 3.8) is 0 Å². The van der Waals surface area contributed by atoms with Crippen molar-refractivity contribution in [3.05, 3.63) is 210 Å². The van der Waals surface area contributed by atoms with Crippen LogP contribution in [0, 0.1) is 0 Å². The SMILES string of the molecule is CC1(c2ccccc2)c2ccccc2-c2ccc(N(c3ccc(-c4ccccc4)cc3)c3ccccc3-c3cccc4cccc(C5CCCCC5)c34)cc21. The van der Waals surface area contributed by atoms with Crippen LogP contribution in [0.15, 0.2) is 188 Å². The molecule has 0 radical (unpaired) electrons. The van der Waals surface area contributed by atoms with Gasteiger partial charge in [-0.25, -0.2) is 0 Å². The molecule has 1 fully saturated rings. The quantitative estimate of drug-likeness (QED) is 0.159. The molecule has 10 rings (SSSR count). The molecule has 2 aliphatic rings. The van der Waals surface area contributed by atoms with E-state index in [-0.39, 0.29) is 5.41 Å². The number of anilines is 3. The average molecular weight is 708 g/mol. The second-order valence-electron chi connectivity index (χ2n) is 15.6. The van der Waals surface area contributed by atoms with Gasteiger partial charge in [-0.3, -0.25) is 0 Å². The van der Waals surface area contributed by atoms with E-state index in [0.717, 1.165) is 11.4 Å². The Hall–Kier alpha value is -6.18. The van der Waals surface area contributed by atoms with Gasteiger partial charge in [0, 0.05) is 22.4 Å². The molecule has 0 aliphatic heterocycles. The van der Waals surface area contributed by atoms with E-state index in [1.807, 2.05) is 0 Å². The fourth-order valence-electron chi connectivity index (χ4n) is 9.81. The molecule has 0 bridgehead atoms. The summed E-state index contributed by atoms with van der Waals surface area (Å²) < 4.78 is 0. The van der Waals surface area contributed by atoms with Crippen molar-refractivity contribution >= 4 is 27.8 Å². The van der Waals surface area contributed by atoms with Crippen molar-refractivity contribution < 1.29 is 0 Å². The molecule has 0 aromatic heterocycles. The minimum Gasteiger partial charge on any atom is -0.310 e. The third-order valence-electron chi connectivity index (χ3n) is 12.6. The summed E-state index contributed by atoms with van der Waals surface area (Å²) in [6, 6.07) is 70.0. The summed E-state index contributed by atoms with van der Waals surface area (Å²) in [5, 5.41) is 2.73. The van der Waals surface area contributed by atoms with E-state index in [2.05, 4.69) is 200 Å². The van der Waals surface area contributed by atoms with Crippen LogP contribution in [0.3, 0.4) is 0 Å². The smallest absolute Gasteiger partial charge is 0.0540 e. The van der Waals surface area contributed by atoms with E-state index >= 15 is 0 Å². The summed E-state index contributed by atoms with van der Waals surface area (Å²) in [5.74, 6) is 0.599. The Morgan fingerprint density at radius 3 is 1.84 bits per heavy atom. The largest absolute Gasteiger partial charge is 0.310 e. The van der Waals surface area contributed by atoms with Crippen molar-refractivity contribution in [2.45, 2.75) is 50.4 Å². The molecule has 55 heavy (non-hydrogen) atoms. The third kappa shape index (κ3) is 5.69. The van der Waals surface area contributed by atoms with Crippen LogP contribution in [0.25, 0.3) is 44.2 Å². The van der Waals surface area contributed by atoms with E-state index in [0.29, 0.717) is 5.92 Å². The molecule has 266 valence electrons. The average Bonchev–Trinajstić information content (AvgIpc) is 3.52. The van der Waals surface area contributed by atoms with Crippen molar-refractivity contribution in [3.8, 4) is 33.4 Å². The number of hydrogen-bond donors (Lipinski definition) is 0. The van der Waals surface area contributed by atoms with Crippen molar-refractivity contribution in [1.29, 1.82) is 0 Å². The molecule has 0 amide bonds. The summed E-state index contributed by atoms with van der Waals surface area (Å²) in [6.07, 6.45) is 6.52. The van der Waals surface area contributed by atoms with Gasteiger partial charge >= 0.3 is 0 Å². The fourth-order valence-corrected chi connectivity index (χ4v) is 9.81. The van der Waals surface area contributed by atoms with Gasteiger partial charge in [0.15, 0.2) is 0 Å². The predicted octanol–water partition coefficient (Wildman–Crippen LogP) is 15.0. The minimum absolute atomic E-state index is 0.296. The van der Waals surface area contributed by atoms with Gasteiger partial charge in [0.25, 0.3) is 0 Å². The first-order valence-electron chi connectivity index (χ1n) is 20.0. The summed E-state index contributed by atoms with van der Waals surface area (Å²) in [6.45, 7) is 2.41. The summed E-state index contributed by atoms with van der Waals surface area (Å²) >= 11 is 0. The number of nitrogens with zero attached hydrogens (tertiary/aromatic N) is 1. The first-order valence-corrected chi connectivity index (χ1v) is 20.0. The van der Waals surface area contributed by atoms with Gasteiger partial charge < -0.3 is 4.90 Å². The van der Waals surface area contributed by atoms with Gasteiger partial charge in [-0.1, -0.05) is 177 Å². The molecule has 1 unspecified atom stereocenters.